The van der Waals surface area contributed by atoms with Crippen molar-refractivity contribution in [1.82, 2.24) is 9.80 Å². The number of phenols is 1. The SMILES string of the molecule is CN(C)CCN(C)Cc1ccccc1O. The summed E-state index contributed by atoms with van der Waals surface area (Å²) in [6.45, 7) is 2.83. The minimum Gasteiger partial charge on any atom is -0.508 e. The van der Waals surface area contributed by atoms with Crippen molar-refractivity contribution < 1.29 is 5.11 Å². The number of hydrogen-bond donors (Lipinski definition) is 1. The van der Waals surface area contributed by atoms with Crippen LogP contribution >= 0.6 is 0 Å². The molecule has 0 unspecified atom stereocenters. The van der Waals surface area contributed by atoms with E-state index in [9.17, 15) is 5.11 Å². The van der Waals surface area contributed by atoms with Crippen LogP contribution in [0.4, 0.5) is 0 Å². The molecule has 3 nitrogen and oxygen atoms in total. The predicted molar refractivity (Wildman–Crippen MR) is 63.0 cm³/mol. The molecule has 84 valence electrons. The number of rotatable bonds is 5. The lowest BCUT2D eigenvalue weighted by atomic mass is 10.2. The lowest BCUT2D eigenvalue weighted by Crippen LogP contribution is -2.28. The van der Waals surface area contributed by atoms with Gasteiger partial charge in [0.15, 0.2) is 0 Å². The van der Waals surface area contributed by atoms with Gasteiger partial charge in [0.1, 0.15) is 5.75 Å². The van der Waals surface area contributed by atoms with E-state index in [0.29, 0.717) is 5.75 Å². The first-order valence-electron chi connectivity index (χ1n) is 5.19. The van der Waals surface area contributed by atoms with Crippen LogP contribution in [-0.4, -0.2) is 49.1 Å². The van der Waals surface area contributed by atoms with Gasteiger partial charge in [-0.3, -0.25) is 0 Å². The maximum Gasteiger partial charge on any atom is 0.120 e. The summed E-state index contributed by atoms with van der Waals surface area (Å²) in [6, 6.07) is 7.49. The molecule has 1 N–H and O–H groups in total. The van der Waals surface area contributed by atoms with Crippen LogP contribution in [0, 0.1) is 0 Å². The van der Waals surface area contributed by atoms with Crippen LogP contribution < -0.4 is 0 Å². The van der Waals surface area contributed by atoms with Crippen LogP contribution in [-0.2, 0) is 6.54 Å². The van der Waals surface area contributed by atoms with Gasteiger partial charge in [-0.05, 0) is 27.2 Å². The molecule has 0 bridgehead atoms. The first-order valence-corrected chi connectivity index (χ1v) is 5.19. The van der Waals surface area contributed by atoms with Gasteiger partial charge in [-0.25, -0.2) is 0 Å². The number of aromatic hydroxyl groups is 1. The summed E-state index contributed by atoms with van der Waals surface area (Å²) in [5.41, 5.74) is 0.985. The van der Waals surface area contributed by atoms with E-state index in [1.54, 1.807) is 6.07 Å². The Morgan fingerprint density at radius 2 is 1.73 bits per heavy atom. The molecule has 0 aliphatic heterocycles. The van der Waals surface area contributed by atoms with Crippen molar-refractivity contribution in [2.45, 2.75) is 6.54 Å². The van der Waals surface area contributed by atoms with E-state index in [2.05, 4.69) is 30.9 Å². The Morgan fingerprint density at radius 1 is 1.07 bits per heavy atom. The summed E-state index contributed by atoms with van der Waals surface area (Å²) >= 11 is 0. The van der Waals surface area contributed by atoms with E-state index >= 15 is 0 Å². The normalized spacial score (nSPS) is 11.3. The van der Waals surface area contributed by atoms with E-state index < -0.39 is 0 Å². The third-order valence-electron chi connectivity index (χ3n) is 2.36. The Morgan fingerprint density at radius 3 is 2.33 bits per heavy atom. The van der Waals surface area contributed by atoms with Crippen molar-refractivity contribution in [1.29, 1.82) is 0 Å². The minimum atomic E-state index is 0.384. The number of para-hydroxylation sites is 1. The molecular formula is C12H20N2O. The quantitative estimate of drug-likeness (QED) is 0.792. The topological polar surface area (TPSA) is 26.7 Å². The number of nitrogens with zero attached hydrogens (tertiary/aromatic N) is 2. The molecule has 0 aliphatic rings. The Balaban J connectivity index is 2.44. The van der Waals surface area contributed by atoms with Gasteiger partial charge >= 0.3 is 0 Å². The van der Waals surface area contributed by atoms with Crippen molar-refractivity contribution in [3.63, 3.8) is 0 Å². The molecule has 1 aromatic rings. The second-order valence-electron chi connectivity index (χ2n) is 4.17. The molecule has 0 fully saturated rings. The zero-order valence-corrected chi connectivity index (χ0v) is 9.77. The minimum absolute atomic E-state index is 0.384. The third kappa shape index (κ3) is 4.32. The van der Waals surface area contributed by atoms with E-state index in [1.165, 1.54) is 0 Å². The average molecular weight is 208 g/mol. The van der Waals surface area contributed by atoms with Crippen LogP contribution in [0.1, 0.15) is 5.56 Å². The van der Waals surface area contributed by atoms with Crippen molar-refractivity contribution >= 4 is 0 Å². The second kappa shape index (κ2) is 5.73. The molecule has 0 radical (unpaired) electrons. The molecule has 1 rings (SSSR count). The fourth-order valence-corrected chi connectivity index (χ4v) is 1.39. The molecule has 0 saturated heterocycles. The molecule has 0 atom stereocenters. The molecule has 15 heavy (non-hydrogen) atoms. The highest BCUT2D eigenvalue weighted by molar-refractivity contribution is 5.31. The summed E-state index contributed by atoms with van der Waals surface area (Å²) in [5, 5.41) is 9.60. The van der Waals surface area contributed by atoms with Crippen LogP contribution in [0.2, 0.25) is 0 Å². The summed E-state index contributed by atoms with van der Waals surface area (Å²) in [7, 11) is 6.19. The summed E-state index contributed by atoms with van der Waals surface area (Å²) in [5.74, 6) is 0.384. The molecular weight excluding hydrogens is 188 g/mol. The Hall–Kier alpha value is -1.06. The molecule has 3 heteroatoms. The van der Waals surface area contributed by atoms with E-state index in [1.807, 2.05) is 18.2 Å². The van der Waals surface area contributed by atoms with Crippen molar-refractivity contribution in [3.8, 4) is 5.75 Å². The van der Waals surface area contributed by atoms with Crippen molar-refractivity contribution in [2.24, 2.45) is 0 Å². The summed E-state index contributed by atoms with van der Waals surface area (Å²) in [6.07, 6.45) is 0. The maximum atomic E-state index is 9.60. The highest BCUT2D eigenvalue weighted by Gasteiger charge is 2.04. The van der Waals surface area contributed by atoms with Gasteiger partial charge in [-0.15, -0.1) is 0 Å². The molecule has 0 amide bonds. The molecule has 0 saturated carbocycles. The number of hydrogen-bond acceptors (Lipinski definition) is 3. The average Bonchev–Trinajstić information content (AvgIpc) is 2.18. The Bertz CT molecular complexity index is 299. The first-order chi connectivity index (χ1) is 7.09. The largest absolute Gasteiger partial charge is 0.508 e. The molecule has 0 heterocycles. The van der Waals surface area contributed by atoms with Crippen molar-refractivity contribution in [3.05, 3.63) is 29.8 Å². The Labute approximate surface area is 91.9 Å². The fraction of sp³-hybridized carbons (Fsp3) is 0.500. The van der Waals surface area contributed by atoms with Gasteiger partial charge in [-0.2, -0.15) is 0 Å². The standard InChI is InChI=1S/C12H20N2O/c1-13(2)8-9-14(3)10-11-6-4-5-7-12(11)15/h4-7,15H,8-10H2,1-3H3. The van der Waals surface area contributed by atoms with E-state index in [0.717, 1.165) is 25.2 Å². The number of benzene rings is 1. The Kier molecular flexibility index (Phi) is 4.59. The zero-order valence-electron chi connectivity index (χ0n) is 9.77. The van der Waals surface area contributed by atoms with Crippen LogP contribution in [0.3, 0.4) is 0 Å². The van der Waals surface area contributed by atoms with Gasteiger partial charge in [-0.1, -0.05) is 18.2 Å². The second-order valence-corrected chi connectivity index (χ2v) is 4.17. The van der Waals surface area contributed by atoms with Crippen LogP contribution in [0.15, 0.2) is 24.3 Å². The lowest BCUT2D eigenvalue weighted by Gasteiger charge is -2.19. The molecule has 0 spiro atoms. The number of phenolic OH excluding ortho intramolecular Hbond substituents is 1. The van der Waals surface area contributed by atoms with Gasteiger partial charge in [0.05, 0.1) is 0 Å². The maximum absolute atomic E-state index is 9.60. The van der Waals surface area contributed by atoms with Crippen LogP contribution in [0.25, 0.3) is 0 Å². The predicted octanol–water partition coefficient (Wildman–Crippen LogP) is 1.39. The van der Waals surface area contributed by atoms with Crippen LogP contribution in [0.5, 0.6) is 5.75 Å². The zero-order chi connectivity index (χ0) is 11.3. The lowest BCUT2D eigenvalue weighted by molar-refractivity contribution is 0.273. The first kappa shape index (κ1) is 12.0. The van der Waals surface area contributed by atoms with Gasteiger partial charge in [0.25, 0.3) is 0 Å². The number of likely N-dealkylation sites (N-methyl/N-ethyl adjacent to an activating group) is 2. The molecule has 1 aromatic carbocycles. The highest BCUT2D eigenvalue weighted by atomic mass is 16.3. The van der Waals surface area contributed by atoms with Gasteiger partial charge in [0.2, 0.25) is 0 Å². The van der Waals surface area contributed by atoms with E-state index in [-0.39, 0.29) is 0 Å². The summed E-state index contributed by atoms with van der Waals surface area (Å²) in [4.78, 5) is 4.36. The smallest absolute Gasteiger partial charge is 0.120 e. The molecule has 0 aromatic heterocycles. The summed E-state index contributed by atoms with van der Waals surface area (Å²) < 4.78 is 0. The van der Waals surface area contributed by atoms with Gasteiger partial charge in [0, 0.05) is 25.2 Å². The van der Waals surface area contributed by atoms with Crippen molar-refractivity contribution in [2.75, 3.05) is 34.2 Å². The monoisotopic (exact) mass is 208 g/mol. The van der Waals surface area contributed by atoms with E-state index in [4.69, 9.17) is 0 Å². The highest BCUT2D eigenvalue weighted by Crippen LogP contribution is 2.16. The third-order valence-corrected chi connectivity index (χ3v) is 2.36. The molecule has 0 aliphatic carbocycles. The van der Waals surface area contributed by atoms with Gasteiger partial charge < -0.3 is 14.9 Å². The fourth-order valence-electron chi connectivity index (χ4n) is 1.39.